The van der Waals surface area contributed by atoms with Crippen molar-refractivity contribution in [3.8, 4) is 17.2 Å². The maximum absolute atomic E-state index is 11.9. The van der Waals surface area contributed by atoms with Gasteiger partial charge in [-0.15, -0.1) is 0 Å². The Kier molecular flexibility index (Phi) is 5.68. The second-order valence-electron chi connectivity index (χ2n) is 5.49. The van der Waals surface area contributed by atoms with E-state index in [1.807, 2.05) is 31.2 Å². The number of aliphatic carboxylic acids is 1. The highest BCUT2D eigenvalue weighted by molar-refractivity contribution is 5.78. The zero-order valence-electron chi connectivity index (χ0n) is 14.3. The number of aryl methyl sites for hydroxylation is 1. The van der Waals surface area contributed by atoms with Crippen molar-refractivity contribution in [3.63, 3.8) is 0 Å². The third-order valence-electron chi connectivity index (χ3n) is 3.97. The number of methoxy groups -OCH3 is 3. The van der Waals surface area contributed by atoms with Crippen LogP contribution in [0, 0.1) is 6.92 Å². The maximum Gasteiger partial charge on any atom is 0.311 e. The first-order valence-corrected chi connectivity index (χ1v) is 7.59. The second-order valence-corrected chi connectivity index (χ2v) is 5.49. The molecule has 0 aromatic heterocycles. The Morgan fingerprint density at radius 1 is 1.04 bits per heavy atom. The average Bonchev–Trinajstić information content (AvgIpc) is 2.58. The predicted molar refractivity (Wildman–Crippen MR) is 91.4 cm³/mol. The van der Waals surface area contributed by atoms with Gasteiger partial charge in [-0.05, 0) is 31.0 Å². The second kappa shape index (κ2) is 7.73. The first-order valence-electron chi connectivity index (χ1n) is 7.59. The molecule has 0 radical (unpaired) electrons. The lowest BCUT2D eigenvalue weighted by Crippen LogP contribution is -2.16. The number of carbonyl (C=O) groups is 1. The fourth-order valence-electron chi connectivity index (χ4n) is 2.79. The molecule has 24 heavy (non-hydrogen) atoms. The molecule has 5 heteroatoms. The minimum absolute atomic E-state index is 0.273. The van der Waals surface area contributed by atoms with E-state index in [2.05, 4.69) is 0 Å². The minimum atomic E-state index is -0.913. The summed E-state index contributed by atoms with van der Waals surface area (Å²) in [7, 11) is 4.64. The van der Waals surface area contributed by atoms with Crippen molar-refractivity contribution in [2.75, 3.05) is 21.3 Å². The van der Waals surface area contributed by atoms with Crippen molar-refractivity contribution < 1.29 is 24.1 Å². The molecule has 0 saturated carbocycles. The largest absolute Gasteiger partial charge is 0.496 e. The summed E-state index contributed by atoms with van der Waals surface area (Å²) in [6, 6.07) is 11.0. The summed E-state index contributed by atoms with van der Waals surface area (Å²) >= 11 is 0. The van der Waals surface area contributed by atoms with Crippen molar-refractivity contribution >= 4 is 5.97 Å². The molecule has 0 aliphatic rings. The molecule has 0 heterocycles. The van der Waals surface area contributed by atoms with Crippen molar-refractivity contribution in [3.05, 3.63) is 53.1 Å². The Morgan fingerprint density at radius 2 is 1.75 bits per heavy atom. The average molecular weight is 330 g/mol. The van der Waals surface area contributed by atoms with Crippen LogP contribution < -0.4 is 14.2 Å². The van der Waals surface area contributed by atoms with Crippen LogP contribution >= 0.6 is 0 Å². The number of benzene rings is 2. The zero-order valence-corrected chi connectivity index (χ0v) is 14.3. The van der Waals surface area contributed by atoms with E-state index in [4.69, 9.17) is 14.2 Å². The van der Waals surface area contributed by atoms with Gasteiger partial charge in [0.2, 0.25) is 0 Å². The van der Waals surface area contributed by atoms with Gasteiger partial charge < -0.3 is 19.3 Å². The van der Waals surface area contributed by atoms with E-state index in [-0.39, 0.29) is 6.42 Å². The number of para-hydroxylation sites is 1. The highest BCUT2D eigenvalue weighted by atomic mass is 16.5. The summed E-state index contributed by atoms with van der Waals surface area (Å²) in [5.41, 5.74) is 2.40. The molecule has 1 unspecified atom stereocenters. The third-order valence-corrected chi connectivity index (χ3v) is 3.97. The molecule has 5 nitrogen and oxygen atoms in total. The van der Waals surface area contributed by atoms with Gasteiger partial charge >= 0.3 is 5.97 Å². The standard InChI is InChI=1S/C19H22O5/c1-12-8-9-16(22-2)14(10-12)15(19(20)21)11-13-6-5-7-17(23-3)18(13)24-4/h5-10,15H,11H2,1-4H3,(H,20,21). The van der Waals surface area contributed by atoms with Crippen LogP contribution in [0.3, 0.4) is 0 Å². The summed E-state index contributed by atoms with van der Waals surface area (Å²) in [4.78, 5) is 11.9. The zero-order chi connectivity index (χ0) is 17.7. The lowest BCUT2D eigenvalue weighted by molar-refractivity contribution is -0.138. The third kappa shape index (κ3) is 3.62. The fraction of sp³-hybridized carbons (Fsp3) is 0.316. The SMILES string of the molecule is COc1ccc(C)cc1C(Cc1cccc(OC)c1OC)C(=O)O. The van der Waals surface area contributed by atoms with Crippen molar-refractivity contribution in [1.82, 2.24) is 0 Å². The monoisotopic (exact) mass is 330 g/mol. The molecule has 0 spiro atoms. The Hall–Kier alpha value is -2.69. The Balaban J connectivity index is 2.48. The van der Waals surface area contributed by atoms with Crippen LogP contribution in [0.1, 0.15) is 22.6 Å². The molecule has 0 fully saturated rings. The van der Waals surface area contributed by atoms with Crippen LogP contribution in [0.5, 0.6) is 17.2 Å². The van der Waals surface area contributed by atoms with Gasteiger partial charge in [0.1, 0.15) is 5.75 Å². The molecule has 2 aromatic carbocycles. The van der Waals surface area contributed by atoms with E-state index in [1.165, 1.54) is 0 Å². The highest BCUT2D eigenvalue weighted by Gasteiger charge is 2.26. The highest BCUT2D eigenvalue weighted by Crippen LogP contribution is 2.36. The first kappa shape index (κ1) is 17.7. The van der Waals surface area contributed by atoms with Gasteiger partial charge in [-0.2, -0.15) is 0 Å². The number of ether oxygens (including phenoxy) is 3. The number of hydrogen-bond donors (Lipinski definition) is 1. The van der Waals surface area contributed by atoms with Crippen molar-refractivity contribution in [2.45, 2.75) is 19.3 Å². The summed E-state index contributed by atoms with van der Waals surface area (Å²) in [5, 5.41) is 9.76. The van der Waals surface area contributed by atoms with Crippen molar-refractivity contribution in [2.24, 2.45) is 0 Å². The molecule has 2 aromatic rings. The number of carboxylic acids is 1. The van der Waals surface area contributed by atoms with Crippen LogP contribution in [0.25, 0.3) is 0 Å². The van der Waals surface area contributed by atoms with Crippen LogP contribution in [-0.2, 0) is 11.2 Å². The van der Waals surface area contributed by atoms with Crippen LogP contribution in [-0.4, -0.2) is 32.4 Å². The van der Waals surface area contributed by atoms with Gasteiger partial charge in [-0.1, -0.05) is 29.8 Å². The molecule has 128 valence electrons. The lowest BCUT2D eigenvalue weighted by atomic mass is 9.90. The van der Waals surface area contributed by atoms with Gasteiger partial charge in [-0.25, -0.2) is 0 Å². The van der Waals surface area contributed by atoms with Gasteiger partial charge in [0.05, 0.1) is 27.2 Å². The van der Waals surface area contributed by atoms with E-state index in [0.29, 0.717) is 22.8 Å². The summed E-state index contributed by atoms with van der Waals surface area (Å²) in [6.07, 6.45) is 0.273. The van der Waals surface area contributed by atoms with Gasteiger partial charge in [0.25, 0.3) is 0 Å². The van der Waals surface area contributed by atoms with Gasteiger partial charge in [-0.3, -0.25) is 4.79 Å². The summed E-state index contributed by atoms with van der Waals surface area (Å²) < 4.78 is 16.1. The molecule has 0 aliphatic carbocycles. The van der Waals surface area contributed by atoms with E-state index >= 15 is 0 Å². The molecule has 1 N–H and O–H groups in total. The van der Waals surface area contributed by atoms with Crippen LogP contribution in [0.2, 0.25) is 0 Å². The molecule has 0 aliphatic heterocycles. The Morgan fingerprint density at radius 3 is 2.33 bits per heavy atom. The first-order chi connectivity index (χ1) is 11.5. The lowest BCUT2D eigenvalue weighted by Gasteiger charge is -2.19. The number of hydrogen-bond acceptors (Lipinski definition) is 4. The van der Waals surface area contributed by atoms with E-state index in [1.54, 1.807) is 33.5 Å². The topological polar surface area (TPSA) is 65.0 Å². The molecule has 0 amide bonds. The van der Waals surface area contributed by atoms with E-state index < -0.39 is 11.9 Å². The van der Waals surface area contributed by atoms with Crippen molar-refractivity contribution in [1.29, 1.82) is 0 Å². The minimum Gasteiger partial charge on any atom is -0.496 e. The van der Waals surface area contributed by atoms with Gasteiger partial charge in [0, 0.05) is 5.56 Å². The Labute approximate surface area is 141 Å². The quantitative estimate of drug-likeness (QED) is 0.842. The van der Waals surface area contributed by atoms with Gasteiger partial charge in [0.15, 0.2) is 11.5 Å². The molecule has 1 atom stereocenters. The molecular formula is C19H22O5. The molecule has 0 saturated heterocycles. The summed E-state index contributed by atoms with van der Waals surface area (Å²) in [5.74, 6) is 0.0349. The molecule has 2 rings (SSSR count). The maximum atomic E-state index is 11.9. The molecular weight excluding hydrogens is 308 g/mol. The van der Waals surface area contributed by atoms with E-state index in [0.717, 1.165) is 11.1 Å². The number of carboxylic acid groups (broad SMARTS) is 1. The molecule has 0 bridgehead atoms. The van der Waals surface area contributed by atoms with Crippen LogP contribution in [0.15, 0.2) is 36.4 Å². The smallest absolute Gasteiger partial charge is 0.311 e. The normalized spacial score (nSPS) is 11.7. The fourth-order valence-corrected chi connectivity index (χ4v) is 2.79. The van der Waals surface area contributed by atoms with E-state index in [9.17, 15) is 9.90 Å². The number of rotatable bonds is 7. The Bertz CT molecular complexity index is 724. The van der Waals surface area contributed by atoms with Crippen LogP contribution in [0.4, 0.5) is 0 Å². The predicted octanol–water partition coefficient (Wildman–Crippen LogP) is 3.43. The summed E-state index contributed by atoms with van der Waals surface area (Å²) in [6.45, 7) is 1.92.